The monoisotopic (exact) mass is 517 g/mol. The van der Waals surface area contributed by atoms with Gasteiger partial charge in [0.1, 0.15) is 12.4 Å². The van der Waals surface area contributed by atoms with Crippen LogP contribution in [0.2, 0.25) is 10.0 Å². The third kappa shape index (κ3) is 5.22. The first-order valence-electron chi connectivity index (χ1n) is 10.2. The molecule has 5 nitrogen and oxygen atoms in total. The normalized spacial score (nSPS) is 14.7. The molecule has 174 valence electrons. The Kier molecular flexibility index (Phi) is 7.46. The third-order valence-electron chi connectivity index (χ3n) is 4.86. The van der Waals surface area contributed by atoms with Gasteiger partial charge in [-0.1, -0.05) is 47.5 Å². The Balaban J connectivity index is 1.56. The van der Waals surface area contributed by atoms with Gasteiger partial charge in [0.25, 0.3) is 11.1 Å². The summed E-state index contributed by atoms with van der Waals surface area (Å²) in [5, 5.41) is -0.0619. The SMILES string of the molecule is CCOc1cc(/C=C2\SC(=O)N(c3ccc(F)c(Cl)c3)C2=O)ccc1OCc1ccccc1Cl. The average Bonchev–Trinajstić information content (AvgIpc) is 3.09. The topological polar surface area (TPSA) is 55.8 Å². The van der Waals surface area contributed by atoms with E-state index in [1.165, 1.54) is 12.1 Å². The molecule has 34 heavy (non-hydrogen) atoms. The third-order valence-corrected chi connectivity index (χ3v) is 6.39. The van der Waals surface area contributed by atoms with E-state index >= 15 is 0 Å². The Labute approximate surface area is 210 Å². The quantitative estimate of drug-likeness (QED) is 0.306. The zero-order valence-corrected chi connectivity index (χ0v) is 20.2. The summed E-state index contributed by atoms with van der Waals surface area (Å²) in [6, 6.07) is 16.3. The number of rotatable bonds is 7. The van der Waals surface area contributed by atoms with Gasteiger partial charge in [0.05, 0.1) is 22.2 Å². The highest BCUT2D eigenvalue weighted by Crippen LogP contribution is 2.38. The van der Waals surface area contributed by atoms with E-state index in [1.807, 2.05) is 25.1 Å². The average molecular weight is 518 g/mol. The fraction of sp³-hybridized carbons (Fsp3) is 0.120. The van der Waals surface area contributed by atoms with Crippen molar-refractivity contribution < 1.29 is 23.5 Å². The van der Waals surface area contributed by atoms with Crippen molar-refractivity contribution in [2.75, 3.05) is 11.5 Å². The molecule has 4 rings (SSSR count). The van der Waals surface area contributed by atoms with E-state index in [2.05, 4.69) is 0 Å². The van der Waals surface area contributed by atoms with Crippen LogP contribution in [0, 0.1) is 5.82 Å². The van der Waals surface area contributed by atoms with Crippen molar-refractivity contribution in [2.24, 2.45) is 0 Å². The molecular weight excluding hydrogens is 500 g/mol. The summed E-state index contributed by atoms with van der Waals surface area (Å²) < 4.78 is 25.1. The van der Waals surface area contributed by atoms with Crippen molar-refractivity contribution >= 4 is 57.9 Å². The summed E-state index contributed by atoms with van der Waals surface area (Å²) in [5.74, 6) is -0.135. The predicted octanol–water partition coefficient (Wildman–Crippen LogP) is 7.35. The summed E-state index contributed by atoms with van der Waals surface area (Å²) >= 11 is 12.8. The fourth-order valence-electron chi connectivity index (χ4n) is 3.24. The van der Waals surface area contributed by atoms with Crippen LogP contribution in [0.25, 0.3) is 6.08 Å². The minimum Gasteiger partial charge on any atom is -0.490 e. The number of amides is 2. The molecule has 1 fully saturated rings. The lowest BCUT2D eigenvalue weighted by Crippen LogP contribution is -2.27. The van der Waals surface area contributed by atoms with Gasteiger partial charge in [-0.15, -0.1) is 0 Å². The maximum Gasteiger partial charge on any atom is 0.298 e. The van der Waals surface area contributed by atoms with Crippen molar-refractivity contribution in [3.8, 4) is 11.5 Å². The summed E-state index contributed by atoms with van der Waals surface area (Å²) in [6.07, 6.45) is 1.59. The van der Waals surface area contributed by atoms with E-state index < -0.39 is 17.0 Å². The number of benzene rings is 3. The van der Waals surface area contributed by atoms with E-state index in [0.29, 0.717) is 28.7 Å². The predicted molar refractivity (Wildman–Crippen MR) is 133 cm³/mol. The van der Waals surface area contributed by atoms with Crippen LogP contribution in [0.1, 0.15) is 18.1 Å². The van der Waals surface area contributed by atoms with Crippen LogP contribution >= 0.6 is 35.0 Å². The van der Waals surface area contributed by atoms with Crippen LogP contribution in [-0.2, 0) is 11.4 Å². The first-order chi connectivity index (χ1) is 16.4. The van der Waals surface area contributed by atoms with Gasteiger partial charge in [-0.25, -0.2) is 9.29 Å². The molecule has 1 heterocycles. The summed E-state index contributed by atoms with van der Waals surface area (Å²) in [6.45, 7) is 2.52. The number of imide groups is 1. The molecule has 1 aliphatic heterocycles. The van der Waals surface area contributed by atoms with E-state index in [9.17, 15) is 14.0 Å². The van der Waals surface area contributed by atoms with Crippen LogP contribution in [0.4, 0.5) is 14.9 Å². The fourth-order valence-corrected chi connectivity index (χ4v) is 4.45. The summed E-state index contributed by atoms with van der Waals surface area (Å²) in [5.41, 5.74) is 1.69. The number of thioether (sulfide) groups is 1. The molecule has 0 atom stereocenters. The van der Waals surface area contributed by atoms with Gasteiger partial charge >= 0.3 is 0 Å². The Morgan fingerprint density at radius 2 is 1.76 bits per heavy atom. The Bertz CT molecular complexity index is 1300. The smallest absolute Gasteiger partial charge is 0.298 e. The van der Waals surface area contributed by atoms with E-state index in [-0.39, 0.29) is 22.2 Å². The Morgan fingerprint density at radius 1 is 0.971 bits per heavy atom. The van der Waals surface area contributed by atoms with Gasteiger partial charge in [0, 0.05) is 10.6 Å². The molecule has 0 bridgehead atoms. The van der Waals surface area contributed by atoms with Gasteiger partial charge in [-0.2, -0.15) is 0 Å². The Hall–Kier alpha value is -3.00. The summed E-state index contributed by atoms with van der Waals surface area (Å²) in [7, 11) is 0. The standard InChI is InChI=1S/C25H18Cl2FNO4S/c1-2-32-22-11-15(7-10-21(22)33-14-16-5-3-4-6-18(16)26)12-23-24(30)29(25(31)34-23)17-8-9-20(28)19(27)13-17/h3-13H,2,14H2,1H3/b23-12-. The summed E-state index contributed by atoms with van der Waals surface area (Å²) in [4.78, 5) is 26.6. The molecule has 0 spiro atoms. The molecule has 0 radical (unpaired) electrons. The molecule has 3 aromatic rings. The molecule has 9 heteroatoms. The molecular formula is C25H18Cl2FNO4S. The van der Waals surface area contributed by atoms with Crippen molar-refractivity contribution in [2.45, 2.75) is 13.5 Å². The van der Waals surface area contributed by atoms with Crippen LogP contribution < -0.4 is 14.4 Å². The van der Waals surface area contributed by atoms with Crippen LogP contribution in [0.15, 0.2) is 65.6 Å². The molecule has 1 aliphatic rings. The van der Waals surface area contributed by atoms with Gasteiger partial charge < -0.3 is 9.47 Å². The highest BCUT2D eigenvalue weighted by molar-refractivity contribution is 8.19. The second-order valence-electron chi connectivity index (χ2n) is 7.13. The molecule has 3 aromatic carbocycles. The maximum absolute atomic E-state index is 13.5. The largest absolute Gasteiger partial charge is 0.490 e. The van der Waals surface area contributed by atoms with Crippen LogP contribution in [0.3, 0.4) is 0 Å². The lowest BCUT2D eigenvalue weighted by atomic mass is 10.1. The van der Waals surface area contributed by atoms with E-state index in [0.717, 1.165) is 28.3 Å². The second-order valence-corrected chi connectivity index (χ2v) is 8.94. The first-order valence-corrected chi connectivity index (χ1v) is 11.8. The first kappa shape index (κ1) is 24.1. The Morgan fingerprint density at radius 3 is 2.50 bits per heavy atom. The van der Waals surface area contributed by atoms with Crippen molar-refractivity contribution in [1.82, 2.24) is 0 Å². The zero-order chi connectivity index (χ0) is 24.2. The lowest BCUT2D eigenvalue weighted by Gasteiger charge is -2.14. The highest BCUT2D eigenvalue weighted by atomic mass is 35.5. The maximum atomic E-state index is 13.5. The van der Waals surface area contributed by atoms with E-state index in [1.54, 1.807) is 30.3 Å². The van der Waals surface area contributed by atoms with Gasteiger partial charge in [-0.05, 0) is 66.7 Å². The molecule has 2 amide bonds. The zero-order valence-electron chi connectivity index (χ0n) is 17.9. The number of halogens is 3. The number of carbonyl (C=O) groups excluding carboxylic acids is 2. The molecule has 0 unspecified atom stereocenters. The second kappa shape index (κ2) is 10.5. The van der Waals surface area contributed by atoms with Crippen LogP contribution in [0.5, 0.6) is 11.5 Å². The molecule has 0 saturated carbocycles. The number of carbonyl (C=O) groups is 2. The van der Waals surface area contributed by atoms with Crippen molar-refractivity contribution in [3.05, 3.63) is 92.6 Å². The molecule has 1 saturated heterocycles. The van der Waals surface area contributed by atoms with Crippen molar-refractivity contribution in [3.63, 3.8) is 0 Å². The van der Waals surface area contributed by atoms with Gasteiger partial charge in [0.15, 0.2) is 11.5 Å². The number of nitrogens with zero attached hydrogens (tertiary/aromatic N) is 1. The molecule has 0 N–H and O–H groups in total. The van der Waals surface area contributed by atoms with Crippen molar-refractivity contribution in [1.29, 1.82) is 0 Å². The number of anilines is 1. The van der Waals surface area contributed by atoms with Gasteiger partial charge in [-0.3, -0.25) is 9.59 Å². The number of hydrogen-bond donors (Lipinski definition) is 0. The minimum absolute atomic E-state index is 0.172. The number of hydrogen-bond acceptors (Lipinski definition) is 5. The highest BCUT2D eigenvalue weighted by Gasteiger charge is 2.36. The van der Waals surface area contributed by atoms with Gasteiger partial charge in [0.2, 0.25) is 0 Å². The lowest BCUT2D eigenvalue weighted by molar-refractivity contribution is -0.113. The van der Waals surface area contributed by atoms with E-state index in [4.69, 9.17) is 32.7 Å². The van der Waals surface area contributed by atoms with Crippen LogP contribution in [-0.4, -0.2) is 17.8 Å². The molecule has 0 aliphatic carbocycles. The minimum atomic E-state index is -0.631. The number of ether oxygens (including phenoxy) is 2. The molecule has 0 aromatic heterocycles.